The van der Waals surface area contributed by atoms with Crippen LogP contribution in [0.15, 0.2) is 12.1 Å². The quantitative estimate of drug-likeness (QED) is 0.833. The highest BCUT2D eigenvalue weighted by Crippen LogP contribution is 2.49. The first-order valence-electron chi connectivity index (χ1n) is 8.70. The number of benzene rings is 1. The van der Waals surface area contributed by atoms with Gasteiger partial charge in [-0.25, -0.2) is 0 Å². The lowest BCUT2D eigenvalue weighted by atomic mass is 9.86. The Kier molecular flexibility index (Phi) is 5.17. The predicted molar refractivity (Wildman–Crippen MR) is 91.5 cm³/mol. The topological polar surface area (TPSA) is 56.8 Å². The van der Waals surface area contributed by atoms with Crippen molar-refractivity contribution in [3.8, 4) is 17.2 Å². The normalized spacial score (nSPS) is 24.7. The van der Waals surface area contributed by atoms with E-state index in [9.17, 15) is 4.79 Å². The molecule has 1 N–H and O–H groups in total. The fraction of sp³-hybridized carbons (Fsp3) is 0.632. The van der Waals surface area contributed by atoms with Gasteiger partial charge in [-0.1, -0.05) is 6.42 Å². The van der Waals surface area contributed by atoms with Crippen LogP contribution < -0.4 is 19.5 Å². The van der Waals surface area contributed by atoms with Gasteiger partial charge in [-0.05, 0) is 54.7 Å². The van der Waals surface area contributed by atoms with E-state index in [1.165, 1.54) is 25.7 Å². The molecule has 3 rings (SSSR count). The minimum Gasteiger partial charge on any atom is -0.493 e. The summed E-state index contributed by atoms with van der Waals surface area (Å²) in [5, 5.41) is 3.03. The second kappa shape index (κ2) is 7.32. The Morgan fingerprint density at radius 3 is 2.29 bits per heavy atom. The largest absolute Gasteiger partial charge is 0.493 e. The third-order valence-electron chi connectivity index (χ3n) is 5.55. The molecule has 0 heterocycles. The monoisotopic (exact) mass is 333 g/mol. The van der Waals surface area contributed by atoms with Crippen molar-refractivity contribution in [1.82, 2.24) is 5.32 Å². The average molecular weight is 333 g/mol. The van der Waals surface area contributed by atoms with Crippen LogP contribution in [0.2, 0.25) is 0 Å². The molecule has 0 saturated heterocycles. The van der Waals surface area contributed by atoms with Crippen LogP contribution in [0, 0.1) is 17.8 Å². The molecular weight excluding hydrogens is 306 g/mol. The van der Waals surface area contributed by atoms with E-state index in [1.807, 2.05) is 12.1 Å². The lowest BCUT2D eigenvalue weighted by molar-refractivity contribution is -0.122. The summed E-state index contributed by atoms with van der Waals surface area (Å²) in [6.07, 6.45) is 5.92. The average Bonchev–Trinajstić information content (AvgIpc) is 3.21. The Morgan fingerprint density at radius 1 is 1.08 bits per heavy atom. The first kappa shape index (κ1) is 16.9. The van der Waals surface area contributed by atoms with Crippen molar-refractivity contribution in [2.75, 3.05) is 21.3 Å². The van der Waals surface area contributed by atoms with Crippen molar-refractivity contribution in [2.24, 2.45) is 17.8 Å². The van der Waals surface area contributed by atoms with Gasteiger partial charge in [0.1, 0.15) is 0 Å². The molecule has 2 aliphatic rings. The molecular formula is C19H27NO4. The van der Waals surface area contributed by atoms with E-state index in [-0.39, 0.29) is 5.91 Å². The van der Waals surface area contributed by atoms with Crippen LogP contribution in [-0.4, -0.2) is 27.2 Å². The van der Waals surface area contributed by atoms with E-state index in [0.717, 1.165) is 17.4 Å². The van der Waals surface area contributed by atoms with E-state index < -0.39 is 0 Å². The van der Waals surface area contributed by atoms with Crippen molar-refractivity contribution in [3.05, 3.63) is 17.7 Å². The highest BCUT2D eigenvalue weighted by Gasteiger charge is 2.40. The van der Waals surface area contributed by atoms with Crippen LogP contribution in [0.3, 0.4) is 0 Å². The summed E-state index contributed by atoms with van der Waals surface area (Å²) in [6.45, 7) is 0.469. The molecule has 0 aliphatic heterocycles. The van der Waals surface area contributed by atoms with Crippen LogP contribution >= 0.6 is 0 Å². The molecule has 24 heavy (non-hydrogen) atoms. The molecule has 1 aromatic rings. The van der Waals surface area contributed by atoms with Crippen LogP contribution in [-0.2, 0) is 11.3 Å². The van der Waals surface area contributed by atoms with E-state index >= 15 is 0 Å². The van der Waals surface area contributed by atoms with Crippen LogP contribution in [0.4, 0.5) is 0 Å². The molecule has 2 bridgehead atoms. The minimum absolute atomic E-state index is 0.140. The number of hydrogen-bond donors (Lipinski definition) is 1. The summed E-state index contributed by atoms with van der Waals surface area (Å²) in [6, 6.07) is 3.75. The second-order valence-electron chi connectivity index (χ2n) is 6.95. The number of ether oxygens (including phenoxy) is 3. The van der Waals surface area contributed by atoms with E-state index in [1.54, 1.807) is 21.3 Å². The number of amides is 1. The van der Waals surface area contributed by atoms with E-state index in [4.69, 9.17) is 14.2 Å². The summed E-state index contributed by atoms with van der Waals surface area (Å²) in [5.74, 6) is 4.16. The Labute approximate surface area is 143 Å². The Morgan fingerprint density at radius 2 is 1.79 bits per heavy atom. The predicted octanol–water partition coefficient (Wildman–Crippen LogP) is 3.15. The molecule has 0 radical (unpaired) electrons. The molecule has 2 fully saturated rings. The Balaban J connectivity index is 1.58. The summed E-state index contributed by atoms with van der Waals surface area (Å²) in [4.78, 5) is 12.3. The molecule has 1 amide bonds. The molecule has 2 saturated carbocycles. The molecule has 3 unspecified atom stereocenters. The third-order valence-corrected chi connectivity index (χ3v) is 5.55. The van der Waals surface area contributed by atoms with Gasteiger partial charge < -0.3 is 19.5 Å². The van der Waals surface area contributed by atoms with Crippen molar-refractivity contribution < 1.29 is 19.0 Å². The molecule has 2 aliphatic carbocycles. The first-order valence-corrected chi connectivity index (χ1v) is 8.70. The van der Waals surface area contributed by atoms with Gasteiger partial charge in [-0.15, -0.1) is 0 Å². The number of nitrogens with one attached hydrogen (secondary N) is 1. The summed E-state index contributed by atoms with van der Waals surface area (Å²) in [7, 11) is 4.76. The van der Waals surface area contributed by atoms with Crippen molar-refractivity contribution in [1.29, 1.82) is 0 Å². The second-order valence-corrected chi connectivity index (χ2v) is 6.95. The number of methoxy groups -OCH3 is 3. The van der Waals surface area contributed by atoms with E-state index in [0.29, 0.717) is 36.1 Å². The summed E-state index contributed by atoms with van der Waals surface area (Å²) in [5.41, 5.74) is 0.936. The minimum atomic E-state index is 0.140. The number of hydrogen-bond acceptors (Lipinski definition) is 4. The zero-order valence-corrected chi connectivity index (χ0v) is 14.8. The fourth-order valence-corrected chi connectivity index (χ4v) is 4.37. The summed E-state index contributed by atoms with van der Waals surface area (Å²) < 4.78 is 16.0. The van der Waals surface area contributed by atoms with Crippen molar-refractivity contribution in [3.63, 3.8) is 0 Å². The molecule has 5 heteroatoms. The van der Waals surface area contributed by atoms with Gasteiger partial charge in [0, 0.05) is 13.0 Å². The maximum absolute atomic E-state index is 12.3. The number of carbonyl (C=O) groups excluding carboxylic acids is 1. The molecule has 3 atom stereocenters. The number of fused-ring (bicyclic) bond motifs is 2. The Bertz CT molecular complexity index is 576. The highest BCUT2D eigenvalue weighted by molar-refractivity contribution is 5.76. The fourth-order valence-electron chi connectivity index (χ4n) is 4.37. The highest BCUT2D eigenvalue weighted by atomic mass is 16.5. The Hall–Kier alpha value is -1.91. The van der Waals surface area contributed by atoms with Crippen molar-refractivity contribution in [2.45, 2.75) is 38.6 Å². The maximum Gasteiger partial charge on any atom is 0.220 e. The van der Waals surface area contributed by atoms with Crippen LogP contribution in [0.25, 0.3) is 0 Å². The van der Waals surface area contributed by atoms with Crippen LogP contribution in [0.1, 0.15) is 37.7 Å². The van der Waals surface area contributed by atoms with Gasteiger partial charge in [0.2, 0.25) is 11.7 Å². The standard InChI is InChI=1S/C19H27NO4/c1-22-16-8-13(9-17(23-2)19(16)24-3)11-20-18(21)10-15-7-12-4-5-14(15)6-12/h8-9,12,14-15H,4-7,10-11H2,1-3H3,(H,20,21). The first-order chi connectivity index (χ1) is 11.6. The smallest absolute Gasteiger partial charge is 0.220 e. The molecule has 1 aromatic carbocycles. The summed E-state index contributed by atoms with van der Waals surface area (Å²) >= 11 is 0. The van der Waals surface area contributed by atoms with Gasteiger partial charge in [-0.3, -0.25) is 4.79 Å². The van der Waals surface area contributed by atoms with Gasteiger partial charge in [0.25, 0.3) is 0 Å². The molecule has 0 spiro atoms. The molecule has 0 aromatic heterocycles. The zero-order valence-electron chi connectivity index (χ0n) is 14.8. The molecule has 5 nitrogen and oxygen atoms in total. The maximum atomic E-state index is 12.3. The van der Waals surface area contributed by atoms with Crippen LogP contribution in [0.5, 0.6) is 17.2 Å². The number of carbonyl (C=O) groups is 1. The SMILES string of the molecule is COc1cc(CNC(=O)CC2CC3CCC2C3)cc(OC)c1OC. The zero-order chi connectivity index (χ0) is 17.1. The van der Waals surface area contributed by atoms with Gasteiger partial charge >= 0.3 is 0 Å². The number of rotatable bonds is 7. The lowest BCUT2D eigenvalue weighted by Gasteiger charge is -2.21. The van der Waals surface area contributed by atoms with Gasteiger partial charge in [0.05, 0.1) is 21.3 Å². The van der Waals surface area contributed by atoms with Crippen molar-refractivity contribution >= 4 is 5.91 Å². The van der Waals surface area contributed by atoms with E-state index in [2.05, 4.69) is 5.32 Å². The third kappa shape index (κ3) is 3.45. The molecule has 132 valence electrons. The van der Waals surface area contributed by atoms with Gasteiger partial charge in [-0.2, -0.15) is 0 Å². The lowest BCUT2D eigenvalue weighted by Crippen LogP contribution is -2.27. The van der Waals surface area contributed by atoms with Gasteiger partial charge in [0.15, 0.2) is 11.5 Å².